The van der Waals surface area contributed by atoms with Crippen LogP contribution in [0.5, 0.6) is 0 Å². The topological polar surface area (TPSA) is 0 Å². The standard InChI is InChI=1S/C45H34.2CH3.Hf/c1-31-19-23-37(24-20-31)45(38-25-21-32(2)22-26-38,39-27-35-15-9-17-41(43(35)29-39)33-11-5-3-6-12-33)40-28-36-16-10-18-42(44(36)30-40)34-13-7-4-8-14-34;;;/h3-30H,1-2H3;2*1H3;. The number of hydrogen-bond acceptors (Lipinski definition) is 0. The van der Waals surface area contributed by atoms with Gasteiger partial charge in [0.05, 0.1) is 0 Å². The summed E-state index contributed by atoms with van der Waals surface area (Å²) in [7, 11) is 0. The van der Waals surface area contributed by atoms with Gasteiger partial charge in [-0.3, -0.25) is 0 Å². The van der Waals surface area contributed by atoms with Crippen LogP contribution >= 0.6 is 0 Å². The molecule has 1 fully saturated rings. The molecule has 3 aliphatic rings. The van der Waals surface area contributed by atoms with Gasteiger partial charge >= 0.3 is 292 Å². The Balaban J connectivity index is 1.42. The average molecular weight is 783 g/mol. The van der Waals surface area contributed by atoms with Gasteiger partial charge in [-0.15, -0.1) is 0 Å². The molecule has 2 unspecified atom stereocenters. The molecular weight excluding hydrogens is 743 g/mol. The molecule has 1 heteroatoms. The molecule has 1 heterocycles. The molecular formula is C47H40Hf. The van der Waals surface area contributed by atoms with Crippen LogP contribution in [-0.2, 0) is 25.4 Å². The second-order valence-electron chi connectivity index (χ2n) is 14.7. The van der Waals surface area contributed by atoms with E-state index in [0.717, 1.165) is 0 Å². The number of benzene rings is 6. The zero-order chi connectivity index (χ0) is 32.6. The van der Waals surface area contributed by atoms with Crippen molar-refractivity contribution in [2.24, 2.45) is 0 Å². The van der Waals surface area contributed by atoms with E-state index in [-0.39, 0.29) is 5.41 Å². The van der Waals surface area contributed by atoms with Crippen LogP contribution in [0.4, 0.5) is 0 Å². The molecule has 6 aromatic rings. The van der Waals surface area contributed by atoms with E-state index >= 15 is 0 Å². The Morgan fingerprint density at radius 2 is 0.833 bits per heavy atom. The molecule has 0 bridgehead atoms. The molecule has 48 heavy (non-hydrogen) atoms. The Kier molecular flexibility index (Phi) is 6.89. The van der Waals surface area contributed by atoms with Crippen molar-refractivity contribution in [1.82, 2.24) is 0 Å². The van der Waals surface area contributed by atoms with E-state index < -0.39 is 20.0 Å². The zero-order valence-corrected chi connectivity index (χ0v) is 31.8. The molecule has 0 nitrogen and oxygen atoms in total. The Bertz CT molecular complexity index is 2090. The maximum atomic E-state index is 2.76. The third-order valence-electron chi connectivity index (χ3n) is 11.6. The second kappa shape index (κ2) is 11.1. The molecule has 0 spiro atoms. The van der Waals surface area contributed by atoms with E-state index in [4.69, 9.17) is 0 Å². The Morgan fingerprint density at radius 1 is 0.438 bits per heavy atom. The first-order chi connectivity index (χ1) is 23.4. The second-order valence-corrected chi connectivity index (χ2v) is 32.0. The van der Waals surface area contributed by atoms with Crippen molar-refractivity contribution >= 4 is 12.2 Å². The van der Waals surface area contributed by atoms with Gasteiger partial charge in [0.25, 0.3) is 0 Å². The molecule has 0 amide bonds. The summed E-state index contributed by atoms with van der Waals surface area (Å²) in [5.74, 6) is 0. The Hall–Kier alpha value is -4.33. The van der Waals surface area contributed by atoms with Crippen LogP contribution in [0.2, 0.25) is 9.36 Å². The van der Waals surface area contributed by atoms with Gasteiger partial charge in [-0.1, -0.05) is 0 Å². The fourth-order valence-corrected chi connectivity index (χ4v) is 26.2. The first kappa shape index (κ1) is 29.8. The molecule has 0 N–H and O–H groups in total. The van der Waals surface area contributed by atoms with E-state index in [0.29, 0.717) is 7.35 Å². The van der Waals surface area contributed by atoms with Crippen LogP contribution in [0.15, 0.2) is 157 Å². The van der Waals surface area contributed by atoms with Gasteiger partial charge in [0.15, 0.2) is 0 Å². The first-order valence-corrected chi connectivity index (χ1v) is 28.7. The zero-order valence-electron chi connectivity index (χ0n) is 28.2. The van der Waals surface area contributed by atoms with Gasteiger partial charge in [-0.25, -0.2) is 0 Å². The SMILES string of the molecule is Cc1ccc(C2(c3ccc(C)cc3)C3=Cc4c(-c5ccccc5)cccc4[CH]3[Hf]([CH3])([CH3])[CH]3C2=Cc2c(-c4ccccc4)cccc23)cc1. The predicted molar refractivity (Wildman–Crippen MR) is 200 cm³/mol. The number of allylic oxidation sites excluding steroid dienone is 2. The Labute approximate surface area is 289 Å². The van der Waals surface area contributed by atoms with Crippen LogP contribution in [0.3, 0.4) is 0 Å². The van der Waals surface area contributed by atoms with Gasteiger partial charge in [0.2, 0.25) is 0 Å². The van der Waals surface area contributed by atoms with Crippen LogP contribution < -0.4 is 0 Å². The molecule has 232 valence electrons. The molecule has 0 radical (unpaired) electrons. The van der Waals surface area contributed by atoms with E-state index in [1.807, 2.05) is 0 Å². The predicted octanol–water partition coefficient (Wildman–Crippen LogP) is 12.5. The third-order valence-corrected chi connectivity index (χ3v) is 26.8. The van der Waals surface area contributed by atoms with Gasteiger partial charge in [-0.05, 0) is 0 Å². The molecule has 2 atom stereocenters. The van der Waals surface area contributed by atoms with Crippen molar-refractivity contribution in [3.8, 4) is 22.3 Å². The fraction of sp³-hybridized carbons (Fsp3) is 0.149. The van der Waals surface area contributed by atoms with Crippen LogP contribution in [0, 0.1) is 13.8 Å². The van der Waals surface area contributed by atoms with Crippen molar-refractivity contribution in [3.63, 3.8) is 0 Å². The van der Waals surface area contributed by atoms with Gasteiger partial charge in [-0.2, -0.15) is 0 Å². The quantitative estimate of drug-likeness (QED) is 0.156. The van der Waals surface area contributed by atoms with Crippen molar-refractivity contribution in [2.45, 2.75) is 36.0 Å². The third kappa shape index (κ3) is 4.23. The van der Waals surface area contributed by atoms with Crippen LogP contribution in [0.25, 0.3) is 34.4 Å². The monoisotopic (exact) mass is 784 g/mol. The summed E-state index contributed by atoms with van der Waals surface area (Å²) in [4.78, 5) is 0. The van der Waals surface area contributed by atoms with Crippen molar-refractivity contribution in [2.75, 3.05) is 0 Å². The van der Waals surface area contributed by atoms with Crippen molar-refractivity contribution in [3.05, 3.63) is 201 Å². The molecule has 1 aliphatic heterocycles. The minimum atomic E-state index is -3.33. The van der Waals surface area contributed by atoms with Crippen molar-refractivity contribution in [1.29, 1.82) is 0 Å². The molecule has 1 saturated heterocycles. The summed E-state index contributed by atoms with van der Waals surface area (Å²) >= 11 is -3.33. The molecule has 0 aromatic heterocycles. The maximum absolute atomic E-state index is 3.33. The van der Waals surface area contributed by atoms with Crippen LogP contribution in [-0.4, -0.2) is 0 Å². The first-order valence-electron chi connectivity index (χ1n) is 17.3. The molecule has 0 saturated carbocycles. The summed E-state index contributed by atoms with van der Waals surface area (Å²) in [5, 5.41) is 0. The number of aryl methyl sites for hydroxylation is 2. The molecule has 2 aliphatic carbocycles. The number of rotatable bonds is 4. The van der Waals surface area contributed by atoms with Gasteiger partial charge in [0.1, 0.15) is 0 Å². The fourth-order valence-electron chi connectivity index (χ4n) is 9.57. The van der Waals surface area contributed by atoms with Crippen LogP contribution in [0.1, 0.15) is 51.9 Å². The van der Waals surface area contributed by atoms with E-state index in [2.05, 4.69) is 181 Å². The van der Waals surface area contributed by atoms with Crippen molar-refractivity contribution < 1.29 is 20.0 Å². The molecule has 6 aromatic carbocycles. The number of fused-ring (bicyclic) bond motifs is 6. The van der Waals surface area contributed by atoms with Gasteiger partial charge in [0, 0.05) is 0 Å². The summed E-state index contributed by atoms with van der Waals surface area (Å²) in [5.41, 5.74) is 19.4. The Morgan fingerprint density at radius 3 is 1.23 bits per heavy atom. The summed E-state index contributed by atoms with van der Waals surface area (Å²) in [6, 6.07) is 55.4. The minimum absolute atomic E-state index is 0.383. The molecule has 9 rings (SSSR count). The number of hydrogen-bond donors (Lipinski definition) is 0. The van der Waals surface area contributed by atoms with E-state index in [1.165, 1.54) is 55.6 Å². The van der Waals surface area contributed by atoms with E-state index in [1.54, 1.807) is 22.3 Å². The summed E-state index contributed by atoms with van der Waals surface area (Å²) in [6.45, 7) is 4.42. The summed E-state index contributed by atoms with van der Waals surface area (Å²) < 4.78 is 6.42. The van der Waals surface area contributed by atoms with Gasteiger partial charge < -0.3 is 0 Å². The normalized spacial score (nSPS) is 19.4. The summed E-state index contributed by atoms with van der Waals surface area (Å²) in [6.07, 6.45) is 5.31. The van der Waals surface area contributed by atoms with E-state index in [9.17, 15) is 0 Å². The average Bonchev–Trinajstić information content (AvgIpc) is 3.72.